The Hall–Kier alpha value is -2.87. The minimum atomic E-state index is -0.0325. The third-order valence-corrected chi connectivity index (χ3v) is 8.01. The second kappa shape index (κ2) is 11.3. The Labute approximate surface area is 204 Å². The molecule has 0 bridgehead atoms. The molecule has 2 aromatic carbocycles. The second-order valence-corrected chi connectivity index (χ2v) is 10.4. The molecule has 168 valence electrons. The molecule has 4 aromatic rings. The number of nitrogens with zero attached hydrogens (tertiary/aromatic N) is 6. The first kappa shape index (κ1) is 23.3. The first-order valence-corrected chi connectivity index (χ1v) is 13.1. The van der Waals surface area contributed by atoms with Crippen molar-refractivity contribution in [1.29, 1.82) is 5.26 Å². The number of carbonyl (C=O) groups is 1. The van der Waals surface area contributed by atoms with Gasteiger partial charge in [0.15, 0.2) is 9.50 Å². The second-order valence-electron chi connectivity index (χ2n) is 7.22. The maximum Gasteiger partial charge on any atom is 0.232 e. The van der Waals surface area contributed by atoms with Crippen molar-refractivity contribution >= 4 is 51.0 Å². The summed E-state index contributed by atoms with van der Waals surface area (Å²) in [7, 11) is 1.72. The van der Waals surface area contributed by atoms with Crippen LogP contribution in [-0.2, 0) is 17.1 Å². The van der Waals surface area contributed by atoms with Gasteiger partial charge < -0.3 is 9.47 Å². The highest BCUT2D eigenvalue weighted by Gasteiger charge is 2.17. The maximum absolute atomic E-state index is 12.4. The van der Waals surface area contributed by atoms with Crippen LogP contribution in [0.15, 0.2) is 64.1 Å². The molecule has 0 aliphatic rings. The van der Waals surface area contributed by atoms with Crippen LogP contribution in [0.2, 0.25) is 0 Å². The van der Waals surface area contributed by atoms with Gasteiger partial charge in [0.05, 0.1) is 40.8 Å². The molecule has 0 radical (unpaired) electrons. The molecule has 0 saturated heterocycles. The predicted molar refractivity (Wildman–Crippen MR) is 133 cm³/mol. The summed E-state index contributed by atoms with van der Waals surface area (Å²) in [5.74, 6) is 1.70. The maximum atomic E-state index is 12.4. The van der Waals surface area contributed by atoms with Crippen LogP contribution >= 0.6 is 34.9 Å². The fraction of sp³-hybridized carbons (Fsp3) is 0.261. The van der Waals surface area contributed by atoms with Crippen molar-refractivity contribution in [1.82, 2.24) is 24.6 Å². The Bertz CT molecular complexity index is 1230. The van der Waals surface area contributed by atoms with E-state index >= 15 is 0 Å². The van der Waals surface area contributed by atoms with Gasteiger partial charge in [-0.1, -0.05) is 66.0 Å². The molecule has 2 heterocycles. The lowest BCUT2D eigenvalue weighted by Crippen LogP contribution is -2.29. The molecule has 0 unspecified atom stereocenters. The lowest BCUT2D eigenvalue weighted by Gasteiger charge is -2.15. The molecular formula is C23H22N6OS3. The van der Waals surface area contributed by atoms with Crippen LogP contribution in [0, 0.1) is 11.3 Å². The molecule has 1 amide bonds. The largest absolute Gasteiger partial charge is 0.344 e. The van der Waals surface area contributed by atoms with Gasteiger partial charge in [-0.25, -0.2) is 4.98 Å². The van der Waals surface area contributed by atoms with Gasteiger partial charge >= 0.3 is 0 Å². The summed E-state index contributed by atoms with van der Waals surface area (Å²) in [5.41, 5.74) is 2.15. The smallest absolute Gasteiger partial charge is 0.232 e. The van der Waals surface area contributed by atoms with Crippen molar-refractivity contribution in [3.8, 4) is 6.07 Å². The van der Waals surface area contributed by atoms with Crippen molar-refractivity contribution in [2.75, 3.05) is 19.3 Å². The predicted octanol–water partition coefficient (Wildman–Crippen LogP) is 4.69. The zero-order valence-corrected chi connectivity index (χ0v) is 20.5. The van der Waals surface area contributed by atoms with Gasteiger partial charge in [-0.05, 0) is 17.7 Å². The Kier molecular flexibility index (Phi) is 7.99. The normalized spacial score (nSPS) is 10.9. The van der Waals surface area contributed by atoms with Gasteiger partial charge in [0.2, 0.25) is 5.91 Å². The first-order valence-electron chi connectivity index (χ1n) is 10.3. The number of hydrogen-bond acceptors (Lipinski definition) is 8. The van der Waals surface area contributed by atoms with E-state index in [9.17, 15) is 4.79 Å². The van der Waals surface area contributed by atoms with Gasteiger partial charge in [0.1, 0.15) is 5.82 Å². The number of nitriles is 1. The zero-order valence-electron chi connectivity index (χ0n) is 18.0. The molecule has 33 heavy (non-hydrogen) atoms. The molecule has 2 aromatic heterocycles. The zero-order chi connectivity index (χ0) is 23.0. The highest BCUT2D eigenvalue weighted by molar-refractivity contribution is 8.00. The molecule has 7 nitrogen and oxygen atoms in total. The number of para-hydroxylation sites is 1. The Balaban J connectivity index is 1.49. The van der Waals surface area contributed by atoms with Gasteiger partial charge in [0, 0.05) is 13.6 Å². The summed E-state index contributed by atoms with van der Waals surface area (Å²) >= 11 is 4.69. The average Bonchev–Trinajstić information content (AvgIpc) is 3.43. The number of amides is 1. The first-order chi connectivity index (χ1) is 16.1. The summed E-state index contributed by atoms with van der Waals surface area (Å²) in [6.07, 6.45) is 0.324. The highest BCUT2D eigenvalue weighted by atomic mass is 32.2. The summed E-state index contributed by atoms with van der Waals surface area (Å²) in [4.78, 5) is 18.7. The molecule has 0 atom stereocenters. The van der Waals surface area contributed by atoms with E-state index in [0.29, 0.717) is 30.4 Å². The van der Waals surface area contributed by atoms with E-state index in [4.69, 9.17) is 10.2 Å². The van der Waals surface area contributed by atoms with Crippen LogP contribution in [0.3, 0.4) is 0 Å². The molecule has 0 saturated carbocycles. The number of thioether (sulfide) groups is 2. The average molecular weight is 495 g/mol. The number of thiazole rings is 1. The van der Waals surface area contributed by atoms with Crippen molar-refractivity contribution in [3.63, 3.8) is 0 Å². The van der Waals surface area contributed by atoms with Crippen LogP contribution in [0.1, 0.15) is 17.8 Å². The minimum absolute atomic E-state index is 0.0325. The van der Waals surface area contributed by atoms with Crippen molar-refractivity contribution in [2.45, 2.75) is 28.2 Å². The summed E-state index contributed by atoms with van der Waals surface area (Å²) in [6, 6.07) is 20.3. The molecule has 0 fully saturated rings. The standard InChI is InChI=1S/C23H22N6OS3/c1-28(13-7-12-24)21(30)16-31-22-27-26-20(29(22)14-17-8-3-2-4-9-17)15-32-23-25-18-10-5-6-11-19(18)33-23/h2-6,8-11H,7,13-16H2,1H3. The monoisotopic (exact) mass is 494 g/mol. The topological polar surface area (TPSA) is 87.7 Å². The Morgan fingerprint density at radius 3 is 2.70 bits per heavy atom. The van der Waals surface area contributed by atoms with E-state index in [2.05, 4.69) is 39.0 Å². The summed E-state index contributed by atoms with van der Waals surface area (Å²) < 4.78 is 4.23. The van der Waals surface area contributed by atoms with E-state index in [0.717, 1.165) is 21.2 Å². The molecule has 0 spiro atoms. The fourth-order valence-electron chi connectivity index (χ4n) is 3.08. The van der Waals surface area contributed by atoms with Crippen LogP contribution in [0.25, 0.3) is 10.2 Å². The number of carbonyl (C=O) groups excluding carboxylic acids is 1. The number of hydrogen-bond donors (Lipinski definition) is 0. The lowest BCUT2D eigenvalue weighted by molar-refractivity contribution is -0.127. The fourth-order valence-corrected chi connectivity index (χ4v) is 5.98. The Morgan fingerprint density at radius 1 is 1.12 bits per heavy atom. The molecule has 0 aliphatic heterocycles. The van der Waals surface area contributed by atoms with Crippen LogP contribution in [0.5, 0.6) is 0 Å². The van der Waals surface area contributed by atoms with Crippen LogP contribution < -0.4 is 0 Å². The SMILES string of the molecule is CN(CCC#N)C(=O)CSc1nnc(CSc2nc3ccccc3s2)n1Cc1ccccc1. The van der Waals surface area contributed by atoms with Crippen LogP contribution in [-0.4, -0.2) is 49.9 Å². The molecular weight excluding hydrogens is 472 g/mol. The van der Waals surface area contributed by atoms with Gasteiger partial charge in [-0.2, -0.15) is 5.26 Å². The van der Waals surface area contributed by atoms with E-state index in [1.807, 2.05) is 36.4 Å². The minimum Gasteiger partial charge on any atom is -0.344 e. The summed E-state index contributed by atoms with van der Waals surface area (Å²) in [5, 5.41) is 18.3. The van der Waals surface area contributed by atoms with Gasteiger partial charge in [-0.3, -0.25) is 4.79 Å². The number of fused-ring (bicyclic) bond motifs is 1. The summed E-state index contributed by atoms with van der Waals surface area (Å²) in [6.45, 7) is 1.06. The molecule has 0 aliphatic carbocycles. The van der Waals surface area contributed by atoms with Crippen molar-refractivity contribution < 1.29 is 4.79 Å². The molecule has 0 N–H and O–H groups in total. The van der Waals surface area contributed by atoms with Crippen LogP contribution in [0.4, 0.5) is 0 Å². The van der Waals surface area contributed by atoms with E-state index in [-0.39, 0.29) is 11.7 Å². The number of rotatable bonds is 10. The highest BCUT2D eigenvalue weighted by Crippen LogP contribution is 2.32. The third-order valence-electron chi connectivity index (χ3n) is 4.89. The van der Waals surface area contributed by atoms with E-state index in [1.54, 1.807) is 35.0 Å². The molecule has 4 rings (SSSR count). The number of aromatic nitrogens is 4. The lowest BCUT2D eigenvalue weighted by atomic mass is 10.2. The third kappa shape index (κ3) is 6.13. The van der Waals surface area contributed by atoms with Crippen molar-refractivity contribution in [2.24, 2.45) is 0 Å². The van der Waals surface area contributed by atoms with Gasteiger partial charge in [-0.15, -0.1) is 21.5 Å². The Morgan fingerprint density at radius 2 is 1.91 bits per heavy atom. The quantitative estimate of drug-likeness (QED) is 0.296. The van der Waals surface area contributed by atoms with E-state index < -0.39 is 0 Å². The van der Waals surface area contributed by atoms with E-state index in [1.165, 1.54) is 16.5 Å². The van der Waals surface area contributed by atoms with Gasteiger partial charge in [0.25, 0.3) is 0 Å². The molecule has 10 heteroatoms. The number of benzene rings is 2. The van der Waals surface area contributed by atoms with Crippen molar-refractivity contribution in [3.05, 3.63) is 66.0 Å².